The number of benzene rings is 1. The number of amides is 2. The number of anilines is 1. The third-order valence-corrected chi connectivity index (χ3v) is 3.72. The van der Waals surface area contributed by atoms with E-state index in [4.69, 9.17) is 4.74 Å². The zero-order valence-corrected chi connectivity index (χ0v) is 13.7. The van der Waals surface area contributed by atoms with Crippen molar-refractivity contribution in [1.29, 1.82) is 0 Å². The molecule has 0 aromatic heterocycles. The van der Waals surface area contributed by atoms with Gasteiger partial charge in [0.05, 0.1) is 11.9 Å². The van der Waals surface area contributed by atoms with Crippen molar-refractivity contribution >= 4 is 29.4 Å². The molecule has 2 amide bonds. The summed E-state index contributed by atoms with van der Waals surface area (Å²) < 4.78 is 6.92. The number of nitrogens with one attached hydrogen (secondary N) is 2. The maximum absolute atomic E-state index is 12.4. The summed E-state index contributed by atoms with van der Waals surface area (Å²) in [7, 11) is 1.55. The van der Waals surface area contributed by atoms with Crippen LogP contribution in [0.4, 0.5) is 5.69 Å². The fraction of sp³-hybridized carbons (Fsp3) is 0.429. The van der Waals surface area contributed by atoms with E-state index in [1.807, 2.05) is 0 Å². The Morgan fingerprint density at radius 3 is 2.32 bits per heavy atom. The van der Waals surface area contributed by atoms with Crippen LogP contribution in [0.3, 0.4) is 0 Å². The molecule has 2 N–H and O–H groups in total. The quantitative estimate of drug-likeness (QED) is 0.592. The van der Waals surface area contributed by atoms with Crippen LogP contribution >= 0.6 is 11.9 Å². The van der Waals surface area contributed by atoms with E-state index >= 15 is 0 Å². The third-order valence-electron chi connectivity index (χ3n) is 2.94. The maximum Gasteiger partial charge on any atom is 0.248 e. The van der Waals surface area contributed by atoms with E-state index in [2.05, 4.69) is 15.2 Å². The van der Waals surface area contributed by atoms with Gasteiger partial charge in [-0.15, -0.1) is 4.91 Å². The van der Waals surface area contributed by atoms with Gasteiger partial charge >= 0.3 is 0 Å². The minimum atomic E-state index is -0.908. The number of ether oxygens (including phenoxy) is 1. The van der Waals surface area contributed by atoms with E-state index in [0.717, 1.165) is 0 Å². The Labute approximate surface area is 133 Å². The summed E-state index contributed by atoms with van der Waals surface area (Å²) in [5.74, 6) is -0.131. The van der Waals surface area contributed by atoms with E-state index in [1.54, 1.807) is 45.2 Å². The van der Waals surface area contributed by atoms with Gasteiger partial charge in [0, 0.05) is 29.1 Å². The van der Waals surface area contributed by atoms with E-state index < -0.39 is 16.7 Å². The van der Waals surface area contributed by atoms with E-state index in [0.29, 0.717) is 23.4 Å². The molecule has 1 aromatic rings. The average Bonchev–Trinajstić information content (AvgIpc) is 2.45. The molecule has 8 heteroatoms. The molecule has 0 bridgehead atoms. The Morgan fingerprint density at radius 1 is 1.27 bits per heavy atom. The molecule has 1 aromatic carbocycles. The molecule has 0 spiro atoms. The van der Waals surface area contributed by atoms with Gasteiger partial charge in [0.25, 0.3) is 0 Å². The molecule has 7 nitrogen and oxygen atoms in total. The van der Waals surface area contributed by atoms with E-state index in [9.17, 15) is 14.5 Å². The fourth-order valence-corrected chi connectivity index (χ4v) is 2.26. The van der Waals surface area contributed by atoms with Gasteiger partial charge in [-0.2, -0.15) is 0 Å². The molecule has 1 rings (SSSR count). The molecule has 0 aliphatic carbocycles. The van der Waals surface area contributed by atoms with Gasteiger partial charge in [-0.05, 0) is 38.1 Å². The first-order valence-corrected chi connectivity index (χ1v) is 7.30. The van der Waals surface area contributed by atoms with Crippen molar-refractivity contribution in [2.75, 3.05) is 12.4 Å². The summed E-state index contributed by atoms with van der Waals surface area (Å²) in [6, 6.07) is 5.86. The van der Waals surface area contributed by atoms with Gasteiger partial charge in [0.2, 0.25) is 11.8 Å². The van der Waals surface area contributed by atoms with Crippen LogP contribution in [-0.4, -0.2) is 29.7 Å². The molecule has 0 fully saturated rings. The number of methoxy groups -OCH3 is 1. The van der Waals surface area contributed by atoms with Gasteiger partial charge in [-0.25, -0.2) is 0 Å². The second kappa shape index (κ2) is 7.79. The first-order chi connectivity index (χ1) is 10.3. The lowest BCUT2D eigenvalue weighted by Gasteiger charge is -2.30. The lowest BCUT2D eigenvalue weighted by molar-refractivity contribution is -0.125. The molecule has 120 valence electrons. The highest BCUT2D eigenvalue weighted by atomic mass is 32.2. The van der Waals surface area contributed by atoms with Crippen molar-refractivity contribution < 1.29 is 14.3 Å². The Balaban J connectivity index is 2.90. The zero-order chi connectivity index (χ0) is 16.8. The lowest BCUT2D eigenvalue weighted by Crippen LogP contribution is -2.53. The highest BCUT2D eigenvalue weighted by molar-refractivity contribution is 7.99. The van der Waals surface area contributed by atoms with Gasteiger partial charge in [0.1, 0.15) is 11.8 Å². The minimum absolute atomic E-state index is 0.366. The second-order valence-electron chi connectivity index (χ2n) is 5.12. The van der Waals surface area contributed by atoms with Crippen molar-refractivity contribution in [2.24, 2.45) is 4.58 Å². The number of rotatable bonds is 7. The van der Waals surface area contributed by atoms with E-state index in [-0.39, 0.29) is 5.91 Å². The second-order valence-corrected chi connectivity index (χ2v) is 6.50. The van der Waals surface area contributed by atoms with Gasteiger partial charge in [-0.1, -0.05) is 0 Å². The first-order valence-electron chi connectivity index (χ1n) is 6.53. The van der Waals surface area contributed by atoms with E-state index in [1.165, 1.54) is 6.92 Å². The highest BCUT2D eigenvalue weighted by Crippen LogP contribution is 2.29. The van der Waals surface area contributed by atoms with Crippen LogP contribution in [0.5, 0.6) is 5.75 Å². The predicted molar refractivity (Wildman–Crippen MR) is 86.7 cm³/mol. The number of hydrogen-bond acceptors (Lipinski definition) is 6. The van der Waals surface area contributed by atoms with Crippen LogP contribution < -0.4 is 15.4 Å². The molecule has 0 aliphatic rings. The van der Waals surface area contributed by atoms with Crippen molar-refractivity contribution in [3.05, 3.63) is 29.2 Å². The minimum Gasteiger partial charge on any atom is -0.497 e. The Kier molecular flexibility index (Phi) is 6.36. The summed E-state index contributed by atoms with van der Waals surface area (Å²) in [6.07, 6.45) is 0. The molecule has 0 aliphatic heterocycles. The monoisotopic (exact) mass is 325 g/mol. The van der Waals surface area contributed by atoms with Crippen molar-refractivity contribution in [3.8, 4) is 5.75 Å². The molecule has 0 saturated heterocycles. The largest absolute Gasteiger partial charge is 0.497 e. The molecule has 0 heterocycles. The number of nitrogens with zero attached hydrogens (tertiary/aromatic N) is 1. The Morgan fingerprint density at radius 2 is 1.86 bits per heavy atom. The Hall–Kier alpha value is -2.09. The normalized spacial score (nSPS) is 12.2. The summed E-state index contributed by atoms with van der Waals surface area (Å²) in [5.41, 5.74) is 0.556. The van der Waals surface area contributed by atoms with Crippen molar-refractivity contribution in [2.45, 2.75) is 31.6 Å². The van der Waals surface area contributed by atoms with Crippen LogP contribution in [0.2, 0.25) is 0 Å². The molecular weight excluding hydrogens is 306 g/mol. The van der Waals surface area contributed by atoms with Crippen LogP contribution in [0.25, 0.3) is 0 Å². The lowest BCUT2D eigenvalue weighted by atomic mass is 10.0. The van der Waals surface area contributed by atoms with Gasteiger partial charge < -0.3 is 15.4 Å². The first kappa shape index (κ1) is 18.0. The van der Waals surface area contributed by atoms with Crippen LogP contribution in [0.15, 0.2) is 28.8 Å². The van der Waals surface area contributed by atoms with Crippen LogP contribution in [0.1, 0.15) is 20.8 Å². The summed E-state index contributed by atoms with van der Waals surface area (Å²) in [6.45, 7) is 4.63. The number of hydrogen-bond donors (Lipinski definition) is 2. The number of carbonyl (C=O) groups is 2. The van der Waals surface area contributed by atoms with Crippen LogP contribution in [-0.2, 0) is 9.59 Å². The number of carbonyl (C=O) groups excluding carboxylic acids is 2. The molecule has 0 saturated carbocycles. The highest BCUT2D eigenvalue weighted by Gasteiger charge is 2.37. The third kappa shape index (κ3) is 5.03. The standard InChI is InChI=1S/C14H19N3O4S/c1-9(18)15-12(14(2,3)22-17-20)13(19)16-10-5-7-11(21-4)8-6-10/h5-8,12H,1-4H3,(H,15,18)(H,16,19). The smallest absolute Gasteiger partial charge is 0.248 e. The zero-order valence-electron chi connectivity index (χ0n) is 12.9. The summed E-state index contributed by atoms with van der Waals surface area (Å²) in [5, 5.41) is 5.25. The van der Waals surface area contributed by atoms with Gasteiger partial charge in [-0.3, -0.25) is 9.59 Å². The molecule has 0 radical (unpaired) electrons. The average molecular weight is 325 g/mol. The molecule has 1 atom stereocenters. The number of nitroso groups, excluding NO2 is 1. The fourth-order valence-electron chi connectivity index (χ4n) is 1.80. The molecular formula is C14H19N3O4S. The van der Waals surface area contributed by atoms with Gasteiger partial charge in [0.15, 0.2) is 0 Å². The van der Waals surface area contributed by atoms with Crippen LogP contribution in [0, 0.1) is 4.91 Å². The van der Waals surface area contributed by atoms with Crippen molar-refractivity contribution in [1.82, 2.24) is 5.32 Å². The molecule has 1 unspecified atom stereocenters. The molecule has 22 heavy (non-hydrogen) atoms. The maximum atomic E-state index is 12.4. The summed E-state index contributed by atoms with van der Waals surface area (Å²) in [4.78, 5) is 34.2. The Bertz CT molecular complexity index is 546. The van der Waals surface area contributed by atoms with Crippen molar-refractivity contribution in [3.63, 3.8) is 0 Å². The topological polar surface area (TPSA) is 96.9 Å². The predicted octanol–water partition coefficient (Wildman–Crippen LogP) is 2.33. The SMILES string of the molecule is COc1ccc(NC(=O)C(NC(C)=O)C(C)(C)SN=O)cc1. The summed E-state index contributed by atoms with van der Waals surface area (Å²) >= 11 is 0.703.